The van der Waals surface area contributed by atoms with Gasteiger partial charge < -0.3 is 39.7 Å². The van der Waals surface area contributed by atoms with Crippen molar-refractivity contribution < 1.29 is 29.0 Å². The number of aromatic amines is 2. The third-order valence-corrected chi connectivity index (χ3v) is 13.4. The van der Waals surface area contributed by atoms with Crippen molar-refractivity contribution in [1.29, 1.82) is 0 Å². The molecule has 5 aromatic rings. The Morgan fingerprint density at radius 3 is 1.90 bits per heavy atom. The highest BCUT2D eigenvalue weighted by Crippen LogP contribution is 2.44. The number of benzene rings is 1. The zero-order valence-corrected chi connectivity index (χ0v) is 36.4. The number of rotatable bonds is 15. The number of carbonyl (C=O) groups excluding carboxylic acids is 3. The van der Waals surface area contributed by atoms with Crippen molar-refractivity contribution in [3.8, 4) is 33.6 Å². The number of nitrogens with one attached hydrogen (secondary N) is 4. The van der Waals surface area contributed by atoms with Crippen LogP contribution in [-0.4, -0.2) is 98.1 Å². The van der Waals surface area contributed by atoms with E-state index in [-0.39, 0.29) is 41.7 Å². The molecule has 0 saturated carbocycles. The Bertz CT molecular complexity index is 2220. The number of aromatic nitrogens is 4. The van der Waals surface area contributed by atoms with E-state index in [2.05, 4.69) is 55.6 Å². The lowest BCUT2D eigenvalue weighted by Gasteiger charge is -2.31. The van der Waals surface area contributed by atoms with Gasteiger partial charge in [0, 0.05) is 35.0 Å². The number of imidazole rings is 2. The molecule has 5 N–H and O–H groups in total. The molecule has 0 radical (unpaired) electrons. The number of aliphatic hydroxyl groups is 1. The molecule has 0 bridgehead atoms. The molecule has 316 valence electrons. The Morgan fingerprint density at radius 2 is 1.32 bits per heavy atom. The van der Waals surface area contributed by atoms with Crippen molar-refractivity contribution in [2.45, 2.75) is 97.8 Å². The highest BCUT2D eigenvalue weighted by atomic mass is 32.1. The third kappa shape index (κ3) is 9.11. The summed E-state index contributed by atoms with van der Waals surface area (Å²) in [5.74, 6) is 1.40. The van der Waals surface area contributed by atoms with Gasteiger partial charge in [-0.05, 0) is 54.6 Å². The summed E-state index contributed by atoms with van der Waals surface area (Å²) in [6.45, 7) is 13.4. The molecule has 0 aliphatic carbocycles. The molecule has 16 heteroatoms. The van der Waals surface area contributed by atoms with E-state index in [1.807, 2.05) is 63.7 Å². The van der Waals surface area contributed by atoms with Crippen molar-refractivity contribution in [3.63, 3.8) is 0 Å². The van der Waals surface area contributed by atoms with E-state index in [1.165, 1.54) is 16.5 Å². The Kier molecular flexibility index (Phi) is 13.2. The number of likely N-dealkylation sites (tertiary alicyclic amines) is 2. The van der Waals surface area contributed by atoms with Crippen LogP contribution in [0.2, 0.25) is 0 Å². The molecule has 4 aromatic heterocycles. The second-order valence-electron chi connectivity index (χ2n) is 16.6. The van der Waals surface area contributed by atoms with Gasteiger partial charge >= 0.3 is 6.09 Å². The monoisotopic (exact) mass is 844 g/mol. The number of methoxy groups -OCH3 is 1. The number of hydrogen-bond donors (Lipinski definition) is 5. The van der Waals surface area contributed by atoms with Crippen LogP contribution < -0.4 is 10.6 Å². The minimum absolute atomic E-state index is 0.0515. The zero-order chi connectivity index (χ0) is 42.0. The minimum atomic E-state index is -1.22. The molecular formula is C43H56N8O6S2. The molecule has 5 atom stereocenters. The third-order valence-electron chi connectivity index (χ3n) is 11.2. The van der Waals surface area contributed by atoms with Crippen LogP contribution in [0.25, 0.3) is 43.0 Å². The molecule has 1 aromatic carbocycles. The van der Waals surface area contributed by atoms with Crippen molar-refractivity contribution in [1.82, 2.24) is 40.4 Å². The average molecular weight is 845 g/mol. The van der Waals surface area contributed by atoms with E-state index in [1.54, 1.807) is 22.7 Å². The van der Waals surface area contributed by atoms with Crippen molar-refractivity contribution in [3.05, 3.63) is 59.1 Å². The van der Waals surface area contributed by atoms with Crippen LogP contribution in [-0.2, 0) is 19.1 Å². The summed E-state index contributed by atoms with van der Waals surface area (Å²) in [5, 5.41) is 20.6. The highest BCUT2D eigenvalue weighted by molar-refractivity contribution is 7.27. The second kappa shape index (κ2) is 18.3. The summed E-state index contributed by atoms with van der Waals surface area (Å²) in [6, 6.07) is 6.76. The lowest BCUT2D eigenvalue weighted by atomic mass is 10.0. The number of carbonyl (C=O) groups is 3. The van der Waals surface area contributed by atoms with Gasteiger partial charge in [0.1, 0.15) is 17.7 Å². The molecular weight excluding hydrogens is 789 g/mol. The first-order valence-electron chi connectivity index (χ1n) is 20.5. The Labute approximate surface area is 353 Å². The zero-order valence-electron chi connectivity index (χ0n) is 34.8. The predicted molar refractivity (Wildman–Crippen MR) is 230 cm³/mol. The summed E-state index contributed by atoms with van der Waals surface area (Å²) in [4.78, 5) is 59.7. The lowest BCUT2D eigenvalue weighted by molar-refractivity contribution is -0.152. The molecule has 2 fully saturated rings. The van der Waals surface area contributed by atoms with Crippen molar-refractivity contribution >= 4 is 50.0 Å². The van der Waals surface area contributed by atoms with Gasteiger partial charge in [-0.15, -0.1) is 22.7 Å². The number of H-pyrrole nitrogens is 2. The average Bonchev–Trinajstić information content (AvgIpc) is 4.07. The van der Waals surface area contributed by atoms with E-state index >= 15 is 0 Å². The molecule has 59 heavy (non-hydrogen) atoms. The Balaban J connectivity index is 1.03. The Hall–Kier alpha value is -4.61. The first-order chi connectivity index (χ1) is 28.3. The smallest absolute Gasteiger partial charge is 0.407 e. The SMILES string of the molecule is COC(=O)N[C@H](C(=O)N1CCCC1c1ncc(-c2ccc(-c3csc4c(-c5cnc(C6CCCN6C(=O)[C@@H](NC(O)OCC(C)C)C(C)C)[nH]5)csc34)cc2)[nH]1)C(C)C. The standard InChI is InChI=1S/C43H56N8O6S2/c1-23(2)20-57-43(55)49-35(25(5)6)41(53)51-17-9-11-33(51)39-45-19-31(47-39)29-22-59-36-28(21-58-37(29)36)26-12-14-27(15-13-26)30-18-44-38(46-30)32-10-8-16-50(32)40(52)34(24(3)4)48-42(54)56-7/h12-15,18-19,21-25,32-35,43,49,55H,8-11,16-17,20H2,1-7H3,(H,44,46)(H,45,47)(H,48,54)/t32?,33?,34-,35-,43?/m0/s1. The van der Waals surface area contributed by atoms with E-state index in [0.717, 1.165) is 71.0 Å². The number of nitrogens with zero attached hydrogens (tertiary/aromatic N) is 4. The van der Waals surface area contributed by atoms with Crippen molar-refractivity contribution in [2.75, 3.05) is 26.8 Å². The van der Waals surface area contributed by atoms with Crippen LogP contribution in [0.1, 0.15) is 91.0 Å². The maximum Gasteiger partial charge on any atom is 0.407 e. The van der Waals surface area contributed by atoms with Crippen molar-refractivity contribution in [2.24, 2.45) is 17.8 Å². The van der Waals surface area contributed by atoms with E-state index in [0.29, 0.717) is 19.7 Å². The number of alkyl carbamates (subject to hydrolysis) is 1. The van der Waals surface area contributed by atoms with Crippen LogP contribution in [0.4, 0.5) is 4.79 Å². The maximum absolute atomic E-state index is 13.9. The van der Waals surface area contributed by atoms with Crippen LogP contribution in [0.3, 0.4) is 0 Å². The van der Waals surface area contributed by atoms with E-state index in [4.69, 9.17) is 19.4 Å². The fraction of sp³-hybridized carbons (Fsp3) is 0.512. The summed E-state index contributed by atoms with van der Waals surface area (Å²) >= 11 is 3.41. The predicted octanol–water partition coefficient (Wildman–Crippen LogP) is 7.68. The highest BCUT2D eigenvalue weighted by Gasteiger charge is 2.39. The van der Waals surface area contributed by atoms with Crippen LogP contribution in [0.5, 0.6) is 0 Å². The van der Waals surface area contributed by atoms with Gasteiger partial charge in [0.05, 0.1) is 65.0 Å². The number of fused-ring (bicyclic) bond motifs is 1. The van der Waals surface area contributed by atoms with Gasteiger partial charge in [0.15, 0.2) is 0 Å². The number of hydrogen-bond acceptors (Lipinski definition) is 11. The summed E-state index contributed by atoms with van der Waals surface area (Å²) in [7, 11) is 1.29. The first-order valence-corrected chi connectivity index (χ1v) is 22.3. The molecule has 2 aliphatic heterocycles. The van der Waals surface area contributed by atoms with E-state index < -0.39 is 24.6 Å². The Morgan fingerprint density at radius 1 is 0.797 bits per heavy atom. The molecule has 7 rings (SSSR count). The van der Waals surface area contributed by atoms with Gasteiger partial charge in [0.25, 0.3) is 0 Å². The van der Waals surface area contributed by atoms with Gasteiger partial charge in [0.2, 0.25) is 18.2 Å². The maximum atomic E-state index is 13.9. The number of amides is 3. The summed E-state index contributed by atoms with van der Waals surface area (Å²) < 4.78 is 12.7. The summed E-state index contributed by atoms with van der Waals surface area (Å²) in [6.07, 6.45) is 5.16. The second-order valence-corrected chi connectivity index (χ2v) is 18.4. The van der Waals surface area contributed by atoms with Crippen LogP contribution >= 0.6 is 22.7 Å². The largest absolute Gasteiger partial charge is 0.453 e. The number of thiophene rings is 2. The molecule has 0 spiro atoms. The summed E-state index contributed by atoms with van der Waals surface area (Å²) in [5.41, 5.74) is 6.14. The van der Waals surface area contributed by atoms with E-state index in [9.17, 15) is 19.5 Å². The molecule has 3 amide bonds. The van der Waals surface area contributed by atoms with Crippen LogP contribution in [0, 0.1) is 17.8 Å². The molecule has 2 saturated heterocycles. The van der Waals surface area contributed by atoms with Crippen LogP contribution in [0.15, 0.2) is 47.4 Å². The van der Waals surface area contributed by atoms with Gasteiger partial charge in [-0.25, -0.2) is 14.8 Å². The number of aliphatic hydroxyl groups excluding tert-OH is 1. The molecule has 2 aliphatic rings. The number of ether oxygens (including phenoxy) is 2. The normalized spacial score (nSPS) is 18.7. The molecule has 6 heterocycles. The topological polar surface area (TPSA) is 178 Å². The quantitative estimate of drug-likeness (QED) is 0.0662. The minimum Gasteiger partial charge on any atom is -0.453 e. The molecule has 14 nitrogen and oxygen atoms in total. The van der Waals surface area contributed by atoms with Gasteiger partial charge in [-0.1, -0.05) is 65.8 Å². The van der Waals surface area contributed by atoms with Gasteiger partial charge in [-0.2, -0.15) is 0 Å². The molecule has 3 unspecified atom stereocenters. The first kappa shape index (κ1) is 42.5. The lowest BCUT2D eigenvalue weighted by Crippen LogP contribution is -2.53. The fourth-order valence-electron chi connectivity index (χ4n) is 8.05. The fourth-order valence-corrected chi connectivity index (χ4v) is 10.5. The van der Waals surface area contributed by atoms with Gasteiger partial charge in [-0.3, -0.25) is 14.9 Å².